The van der Waals surface area contributed by atoms with Crippen LogP contribution in [0.2, 0.25) is 0 Å². The van der Waals surface area contributed by atoms with E-state index in [-0.39, 0.29) is 30.2 Å². The van der Waals surface area contributed by atoms with Crippen LogP contribution in [0, 0.1) is 26.6 Å². The molecule has 0 aliphatic rings. The van der Waals surface area contributed by atoms with Crippen LogP contribution in [0.3, 0.4) is 0 Å². The van der Waals surface area contributed by atoms with Crippen LogP contribution >= 0.6 is 0 Å². The van der Waals surface area contributed by atoms with Crippen molar-refractivity contribution in [3.05, 3.63) is 75.0 Å². The molecule has 166 valence electrons. The van der Waals surface area contributed by atoms with Crippen LogP contribution in [0.5, 0.6) is 0 Å². The van der Waals surface area contributed by atoms with Gasteiger partial charge in [0.05, 0.1) is 11.4 Å². The fourth-order valence-electron chi connectivity index (χ4n) is 4.07. The lowest BCUT2D eigenvalue weighted by molar-refractivity contribution is -0.121. The molecule has 0 unspecified atom stereocenters. The van der Waals surface area contributed by atoms with E-state index in [1.165, 1.54) is 6.07 Å². The highest BCUT2D eigenvalue weighted by Crippen LogP contribution is 2.21. The van der Waals surface area contributed by atoms with Crippen molar-refractivity contribution in [1.29, 1.82) is 0 Å². The van der Waals surface area contributed by atoms with Gasteiger partial charge < -0.3 is 14.9 Å². The summed E-state index contributed by atoms with van der Waals surface area (Å²) in [5, 5.41) is 8.07. The van der Waals surface area contributed by atoms with Crippen molar-refractivity contribution in [3.8, 4) is 5.69 Å². The Hall–Kier alpha value is -3.75. The number of hydrogen-bond acceptors (Lipinski definition) is 4. The molecule has 3 aromatic heterocycles. The van der Waals surface area contributed by atoms with Crippen molar-refractivity contribution in [1.82, 2.24) is 29.6 Å². The number of H-pyrrole nitrogens is 1. The molecule has 8 nitrogen and oxygen atoms in total. The summed E-state index contributed by atoms with van der Waals surface area (Å²) in [6.45, 7) is 5.78. The van der Waals surface area contributed by atoms with Crippen LogP contribution in [0.15, 0.2) is 35.4 Å². The number of halogens is 1. The Balaban J connectivity index is 1.41. The van der Waals surface area contributed by atoms with E-state index in [1.807, 2.05) is 13.8 Å². The summed E-state index contributed by atoms with van der Waals surface area (Å²) < 4.78 is 17.8. The van der Waals surface area contributed by atoms with Crippen molar-refractivity contribution in [2.75, 3.05) is 0 Å². The lowest BCUT2D eigenvalue weighted by Crippen LogP contribution is -2.25. The maximum Gasteiger partial charge on any atom is 0.253 e. The van der Waals surface area contributed by atoms with Gasteiger partial charge in [-0.1, -0.05) is 6.07 Å². The standard InChI is InChI=1S/C23H25FN6O2/c1-13-17(23(32)27-22-21(13)14(2)28-29(22)4)6-8-20(31)26-12-16-5-7-19(18(24)11-16)30-10-9-25-15(30)3/h5,7,9-11H,6,8,12H2,1-4H3,(H,26,31)(H,27,32). The average Bonchev–Trinajstić information content (AvgIpc) is 3.28. The van der Waals surface area contributed by atoms with E-state index < -0.39 is 0 Å². The van der Waals surface area contributed by atoms with Crippen LogP contribution in [-0.2, 0) is 24.8 Å². The molecule has 0 atom stereocenters. The highest BCUT2D eigenvalue weighted by molar-refractivity contribution is 5.83. The molecule has 0 aliphatic carbocycles. The molecule has 2 N–H and O–H groups in total. The number of pyridine rings is 1. The molecule has 4 rings (SSSR count). The Morgan fingerprint density at radius 3 is 2.72 bits per heavy atom. The zero-order valence-corrected chi connectivity index (χ0v) is 18.5. The molecule has 0 aliphatic heterocycles. The molecular formula is C23H25FN6O2. The summed E-state index contributed by atoms with van der Waals surface area (Å²) in [5.41, 5.74) is 3.78. The van der Waals surface area contributed by atoms with Crippen LogP contribution in [0.4, 0.5) is 4.39 Å². The number of aryl methyl sites for hydroxylation is 4. The molecule has 9 heteroatoms. The van der Waals surface area contributed by atoms with Gasteiger partial charge in [0.15, 0.2) is 0 Å². The Kier molecular flexibility index (Phi) is 5.65. The Labute approximate surface area is 184 Å². The fourth-order valence-corrected chi connectivity index (χ4v) is 4.07. The summed E-state index contributed by atoms with van der Waals surface area (Å²) in [5.74, 6) is 0.0943. The molecule has 0 fully saturated rings. The van der Waals surface area contributed by atoms with E-state index in [2.05, 4.69) is 20.4 Å². The number of carbonyl (C=O) groups excluding carboxylic acids is 1. The van der Waals surface area contributed by atoms with Gasteiger partial charge in [0.1, 0.15) is 17.3 Å². The van der Waals surface area contributed by atoms with E-state index in [4.69, 9.17) is 0 Å². The SMILES string of the molecule is Cc1nn(C)c2[nH]c(=O)c(CCC(=O)NCc3ccc(-n4ccnc4C)c(F)c3)c(C)c12. The average molecular weight is 436 g/mol. The number of hydrogen-bond donors (Lipinski definition) is 2. The number of carbonyl (C=O) groups is 1. The van der Waals surface area contributed by atoms with Gasteiger partial charge in [-0.25, -0.2) is 9.37 Å². The number of nitrogens with zero attached hydrogens (tertiary/aromatic N) is 4. The summed E-state index contributed by atoms with van der Waals surface area (Å²) in [7, 11) is 1.78. The number of rotatable bonds is 6. The molecule has 0 saturated carbocycles. The van der Waals surface area contributed by atoms with Gasteiger partial charge in [0.2, 0.25) is 5.91 Å². The van der Waals surface area contributed by atoms with Gasteiger partial charge in [-0.15, -0.1) is 0 Å². The predicted molar refractivity (Wildman–Crippen MR) is 119 cm³/mol. The number of imidazole rings is 1. The van der Waals surface area contributed by atoms with Crippen molar-refractivity contribution >= 4 is 16.9 Å². The summed E-state index contributed by atoms with van der Waals surface area (Å²) in [6, 6.07) is 4.84. The van der Waals surface area contributed by atoms with Crippen LogP contribution < -0.4 is 10.9 Å². The lowest BCUT2D eigenvalue weighted by atomic mass is 10.0. The number of aromatic nitrogens is 5. The first-order chi connectivity index (χ1) is 15.3. The highest BCUT2D eigenvalue weighted by atomic mass is 19.1. The van der Waals surface area contributed by atoms with Crippen LogP contribution in [0.1, 0.15) is 34.6 Å². The third-order valence-corrected chi connectivity index (χ3v) is 5.75. The Bertz CT molecular complexity index is 1380. The number of amides is 1. The molecule has 4 aromatic rings. The van der Waals surface area contributed by atoms with Gasteiger partial charge in [-0.2, -0.15) is 5.10 Å². The fraction of sp³-hybridized carbons (Fsp3) is 0.304. The van der Waals surface area contributed by atoms with Crippen LogP contribution in [-0.4, -0.2) is 30.2 Å². The number of nitrogens with one attached hydrogen (secondary N) is 2. The molecule has 0 saturated heterocycles. The number of benzene rings is 1. The van der Waals surface area contributed by atoms with E-state index in [0.29, 0.717) is 34.7 Å². The number of aromatic amines is 1. The van der Waals surface area contributed by atoms with Gasteiger partial charge >= 0.3 is 0 Å². The van der Waals surface area contributed by atoms with Gasteiger partial charge in [0.25, 0.3) is 5.56 Å². The smallest absolute Gasteiger partial charge is 0.253 e. The summed E-state index contributed by atoms with van der Waals surface area (Å²) >= 11 is 0. The quantitative estimate of drug-likeness (QED) is 0.486. The first-order valence-electron chi connectivity index (χ1n) is 10.4. The highest BCUT2D eigenvalue weighted by Gasteiger charge is 2.16. The van der Waals surface area contributed by atoms with E-state index in [0.717, 1.165) is 16.6 Å². The second kappa shape index (κ2) is 8.41. The van der Waals surface area contributed by atoms with Gasteiger partial charge in [-0.3, -0.25) is 14.3 Å². The molecule has 3 heterocycles. The maximum absolute atomic E-state index is 14.5. The van der Waals surface area contributed by atoms with Gasteiger partial charge in [-0.05, 0) is 50.5 Å². The van der Waals surface area contributed by atoms with E-state index in [9.17, 15) is 14.0 Å². The zero-order chi connectivity index (χ0) is 23.0. The third-order valence-electron chi connectivity index (χ3n) is 5.75. The molecule has 0 radical (unpaired) electrons. The molecule has 1 amide bonds. The molecule has 1 aromatic carbocycles. The molecular weight excluding hydrogens is 411 g/mol. The van der Waals surface area contributed by atoms with Gasteiger partial charge in [0, 0.05) is 43.4 Å². The first-order valence-corrected chi connectivity index (χ1v) is 10.4. The molecule has 0 spiro atoms. The van der Waals surface area contributed by atoms with Crippen molar-refractivity contribution in [2.24, 2.45) is 7.05 Å². The van der Waals surface area contributed by atoms with E-state index >= 15 is 0 Å². The lowest BCUT2D eigenvalue weighted by Gasteiger charge is -2.10. The largest absolute Gasteiger partial charge is 0.352 e. The minimum atomic E-state index is -0.389. The normalized spacial score (nSPS) is 11.3. The van der Waals surface area contributed by atoms with Crippen molar-refractivity contribution in [2.45, 2.75) is 40.2 Å². The second-order valence-electron chi connectivity index (χ2n) is 7.90. The topological polar surface area (TPSA) is 97.6 Å². The summed E-state index contributed by atoms with van der Waals surface area (Å²) in [6.07, 6.45) is 3.78. The number of fused-ring (bicyclic) bond motifs is 1. The van der Waals surface area contributed by atoms with Crippen molar-refractivity contribution < 1.29 is 9.18 Å². The summed E-state index contributed by atoms with van der Waals surface area (Å²) in [4.78, 5) is 31.9. The van der Waals surface area contributed by atoms with E-state index in [1.54, 1.807) is 47.7 Å². The Morgan fingerprint density at radius 2 is 2.03 bits per heavy atom. The second-order valence-corrected chi connectivity index (χ2v) is 7.90. The van der Waals surface area contributed by atoms with Crippen molar-refractivity contribution in [3.63, 3.8) is 0 Å². The van der Waals surface area contributed by atoms with Crippen LogP contribution in [0.25, 0.3) is 16.7 Å². The first kappa shape index (κ1) is 21.5. The Morgan fingerprint density at radius 1 is 1.25 bits per heavy atom. The predicted octanol–water partition coefficient (Wildman–Crippen LogP) is 2.76. The maximum atomic E-state index is 14.5. The zero-order valence-electron chi connectivity index (χ0n) is 18.5. The molecule has 32 heavy (non-hydrogen) atoms. The monoisotopic (exact) mass is 436 g/mol. The molecule has 0 bridgehead atoms. The minimum Gasteiger partial charge on any atom is -0.352 e. The minimum absolute atomic E-state index is 0.156. The third kappa shape index (κ3) is 3.93.